The fraction of sp³-hybridized carbons (Fsp3) is 0.357. The standard InChI is InChI=1S/C14H18ClN5S/c1-10(2)7-16-14(21)18-13-17-9-20(19-13)8-11-4-3-5-12(15)6-11/h3-6,9-10H,7-8H2,1-2H3,(H2,16,18,19,21). The van der Waals surface area contributed by atoms with Gasteiger partial charge in [0.15, 0.2) is 5.11 Å². The molecule has 0 saturated heterocycles. The Hall–Kier alpha value is -1.66. The van der Waals surface area contributed by atoms with Crippen LogP contribution in [0.15, 0.2) is 30.6 Å². The summed E-state index contributed by atoms with van der Waals surface area (Å²) in [6.07, 6.45) is 1.66. The van der Waals surface area contributed by atoms with Gasteiger partial charge in [0.2, 0.25) is 5.95 Å². The summed E-state index contributed by atoms with van der Waals surface area (Å²) in [7, 11) is 0. The number of nitrogens with zero attached hydrogens (tertiary/aromatic N) is 3. The number of hydrogen-bond acceptors (Lipinski definition) is 3. The van der Waals surface area contributed by atoms with Gasteiger partial charge < -0.3 is 5.32 Å². The highest BCUT2D eigenvalue weighted by atomic mass is 35.5. The van der Waals surface area contributed by atoms with Gasteiger partial charge in [-0.1, -0.05) is 37.6 Å². The van der Waals surface area contributed by atoms with Crippen LogP contribution >= 0.6 is 23.8 Å². The zero-order chi connectivity index (χ0) is 15.2. The summed E-state index contributed by atoms with van der Waals surface area (Å²) >= 11 is 11.1. The van der Waals surface area contributed by atoms with E-state index >= 15 is 0 Å². The Kier molecular flexibility index (Phi) is 5.52. The van der Waals surface area contributed by atoms with Crippen LogP contribution in [-0.4, -0.2) is 26.4 Å². The lowest BCUT2D eigenvalue weighted by Gasteiger charge is -2.09. The van der Waals surface area contributed by atoms with Gasteiger partial charge >= 0.3 is 0 Å². The molecule has 0 unspecified atom stereocenters. The lowest BCUT2D eigenvalue weighted by atomic mass is 10.2. The van der Waals surface area contributed by atoms with Crippen molar-refractivity contribution in [2.75, 3.05) is 11.9 Å². The highest BCUT2D eigenvalue weighted by molar-refractivity contribution is 7.80. The summed E-state index contributed by atoms with van der Waals surface area (Å²) in [5, 5.41) is 11.6. The van der Waals surface area contributed by atoms with E-state index in [0.717, 1.165) is 12.1 Å². The zero-order valence-corrected chi connectivity index (χ0v) is 13.6. The lowest BCUT2D eigenvalue weighted by Crippen LogP contribution is -2.31. The molecule has 0 fully saturated rings. The number of hydrogen-bond donors (Lipinski definition) is 2. The second kappa shape index (κ2) is 7.38. The van der Waals surface area contributed by atoms with Crippen LogP contribution in [0.5, 0.6) is 0 Å². The summed E-state index contributed by atoms with van der Waals surface area (Å²) in [6, 6.07) is 7.66. The van der Waals surface area contributed by atoms with Crippen LogP contribution in [0, 0.1) is 5.92 Å². The minimum absolute atomic E-state index is 0.485. The highest BCUT2D eigenvalue weighted by Gasteiger charge is 2.04. The molecule has 2 aromatic rings. The van der Waals surface area contributed by atoms with Gasteiger partial charge in [-0.3, -0.25) is 5.32 Å². The van der Waals surface area contributed by atoms with E-state index in [2.05, 4.69) is 34.6 Å². The van der Waals surface area contributed by atoms with E-state index in [1.807, 2.05) is 24.3 Å². The molecule has 0 saturated carbocycles. The first kappa shape index (κ1) is 15.7. The Morgan fingerprint density at radius 2 is 2.24 bits per heavy atom. The zero-order valence-electron chi connectivity index (χ0n) is 12.0. The van der Waals surface area contributed by atoms with Crippen molar-refractivity contribution in [1.82, 2.24) is 20.1 Å². The molecule has 1 heterocycles. The molecule has 7 heteroatoms. The number of nitrogens with one attached hydrogen (secondary N) is 2. The molecular formula is C14H18ClN5S. The summed E-state index contributed by atoms with van der Waals surface area (Å²) in [5.41, 5.74) is 1.07. The van der Waals surface area contributed by atoms with Crippen LogP contribution in [-0.2, 0) is 6.54 Å². The van der Waals surface area contributed by atoms with E-state index < -0.39 is 0 Å². The minimum Gasteiger partial charge on any atom is -0.362 e. The predicted octanol–water partition coefficient (Wildman–Crippen LogP) is 2.92. The molecule has 0 aliphatic rings. The van der Waals surface area contributed by atoms with E-state index in [1.165, 1.54) is 0 Å². The molecule has 21 heavy (non-hydrogen) atoms. The number of benzene rings is 1. The molecule has 0 spiro atoms. The fourth-order valence-corrected chi connectivity index (χ4v) is 2.08. The van der Waals surface area contributed by atoms with Crippen molar-refractivity contribution in [3.8, 4) is 0 Å². The van der Waals surface area contributed by atoms with Crippen molar-refractivity contribution in [2.45, 2.75) is 20.4 Å². The van der Waals surface area contributed by atoms with Crippen LogP contribution in [0.25, 0.3) is 0 Å². The quantitative estimate of drug-likeness (QED) is 0.829. The molecule has 0 bridgehead atoms. The van der Waals surface area contributed by atoms with Crippen LogP contribution in [0.1, 0.15) is 19.4 Å². The molecule has 112 valence electrons. The molecule has 0 amide bonds. The van der Waals surface area contributed by atoms with Crippen LogP contribution in [0.4, 0.5) is 5.95 Å². The third-order valence-electron chi connectivity index (χ3n) is 2.67. The monoisotopic (exact) mass is 323 g/mol. The minimum atomic E-state index is 0.485. The smallest absolute Gasteiger partial charge is 0.248 e. The second-order valence-electron chi connectivity index (χ2n) is 5.12. The maximum Gasteiger partial charge on any atom is 0.248 e. The summed E-state index contributed by atoms with van der Waals surface area (Å²) in [4.78, 5) is 4.18. The molecular weight excluding hydrogens is 306 g/mol. The predicted molar refractivity (Wildman–Crippen MR) is 89.6 cm³/mol. The molecule has 0 aliphatic carbocycles. The summed E-state index contributed by atoms with van der Waals surface area (Å²) in [6.45, 7) is 5.66. The van der Waals surface area contributed by atoms with Gasteiger partial charge in [0.1, 0.15) is 6.33 Å². The SMILES string of the molecule is CC(C)CNC(=S)Nc1ncn(Cc2cccc(Cl)c2)n1. The van der Waals surface area contributed by atoms with E-state index in [0.29, 0.717) is 28.5 Å². The van der Waals surface area contributed by atoms with Crippen molar-refractivity contribution in [3.05, 3.63) is 41.2 Å². The average Bonchev–Trinajstić information content (AvgIpc) is 2.83. The Balaban J connectivity index is 1.91. The first-order chi connectivity index (χ1) is 10.0. The molecule has 0 aliphatic heterocycles. The van der Waals surface area contributed by atoms with Crippen LogP contribution in [0.3, 0.4) is 0 Å². The van der Waals surface area contributed by atoms with Gasteiger partial charge in [0, 0.05) is 11.6 Å². The maximum atomic E-state index is 5.96. The lowest BCUT2D eigenvalue weighted by molar-refractivity contribution is 0.627. The van der Waals surface area contributed by atoms with Gasteiger partial charge in [-0.2, -0.15) is 0 Å². The largest absolute Gasteiger partial charge is 0.362 e. The third-order valence-corrected chi connectivity index (χ3v) is 3.15. The molecule has 2 N–H and O–H groups in total. The first-order valence-electron chi connectivity index (χ1n) is 6.71. The number of rotatable bonds is 5. The normalized spacial score (nSPS) is 10.7. The summed E-state index contributed by atoms with van der Waals surface area (Å²) in [5.74, 6) is 1.01. The van der Waals surface area contributed by atoms with E-state index in [1.54, 1.807) is 11.0 Å². The van der Waals surface area contributed by atoms with E-state index in [9.17, 15) is 0 Å². The van der Waals surface area contributed by atoms with Gasteiger partial charge in [0.05, 0.1) is 6.54 Å². The number of anilines is 1. The molecule has 0 atom stereocenters. The molecule has 0 radical (unpaired) electrons. The van der Waals surface area contributed by atoms with Gasteiger partial charge in [-0.05, 0) is 35.8 Å². The van der Waals surface area contributed by atoms with Crippen molar-refractivity contribution >= 4 is 34.9 Å². The first-order valence-corrected chi connectivity index (χ1v) is 7.50. The van der Waals surface area contributed by atoms with Crippen molar-refractivity contribution < 1.29 is 0 Å². The number of aromatic nitrogens is 3. The van der Waals surface area contributed by atoms with Crippen molar-refractivity contribution in [1.29, 1.82) is 0 Å². The van der Waals surface area contributed by atoms with Gasteiger partial charge in [-0.25, -0.2) is 9.67 Å². The average molecular weight is 324 g/mol. The topological polar surface area (TPSA) is 54.8 Å². The van der Waals surface area contributed by atoms with Gasteiger partial charge in [-0.15, -0.1) is 5.10 Å². The molecule has 1 aromatic heterocycles. The third kappa shape index (κ3) is 5.32. The van der Waals surface area contributed by atoms with Crippen LogP contribution < -0.4 is 10.6 Å². The molecule has 2 rings (SSSR count). The Labute approximate surface area is 134 Å². The Morgan fingerprint density at radius 1 is 1.43 bits per heavy atom. The van der Waals surface area contributed by atoms with Crippen LogP contribution in [0.2, 0.25) is 5.02 Å². The van der Waals surface area contributed by atoms with E-state index in [4.69, 9.17) is 23.8 Å². The Morgan fingerprint density at radius 3 is 2.95 bits per heavy atom. The maximum absolute atomic E-state index is 5.96. The number of halogens is 1. The van der Waals surface area contributed by atoms with E-state index in [-0.39, 0.29) is 0 Å². The number of thiocarbonyl (C=S) groups is 1. The van der Waals surface area contributed by atoms with Crippen molar-refractivity contribution in [3.63, 3.8) is 0 Å². The molecule has 5 nitrogen and oxygen atoms in total. The highest BCUT2D eigenvalue weighted by Crippen LogP contribution is 2.11. The Bertz CT molecular complexity index is 611. The summed E-state index contributed by atoms with van der Waals surface area (Å²) < 4.78 is 1.74. The van der Waals surface area contributed by atoms with Gasteiger partial charge in [0.25, 0.3) is 0 Å². The fourth-order valence-electron chi connectivity index (χ4n) is 1.69. The molecule has 1 aromatic carbocycles. The van der Waals surface area contributed by atoms with Crippen molar-refractivity contribution in [2.24, 2.45) is 5.92 Å². The second-order valence-corrected chi connectivity index (χ2v) is 5.97.